The Labute approximate surface area is 100 Å². The molecule has 17 heavy (non-hydrogen) atoms. The molecule has 0 atom stereocenters. The van der Waals surface area contributed by atoms with Crippen LogP contribution < -0.4 is 5.73 Å². The van der Waals surface area contributed by atoms with Crippen LogP contribution in [0.4, 0.5) is 5.69 Å². The summed E-state index contributed by atoms with van der Waals surface area (Å²) in [5.41, 5.74) is 8.57. The number of nitriles is 1. The molecular formula is C15H10N2. The van der Waals surface area contributed by atoms with Crippen molar-refractivity contribution in [3.63, 3.8) is 0 Å². The first-order valence-corrected chi connectivity index (χ1v) is 5.16. The van der Waals surface area contributed by atoms with Crippen molar-refractivity contribution in [3.8, 4) is 17.9 Å². The van der Waals surface area contributed by atoms with Crippen LogP contribution >= 0.6 is 0 Å². The molecule has 2 nitrogen and oxygen atoms in total. The second kappa shape index (κ2) is 4.88. The zero-order valence-corrected chi connectivity index (χ0v) is 9.14. The summed E-state index contributed by atoms with van der Waals surface area (Å²) in [4.78, 5) is 0. The lowest BCUT2D eigenvalue weighted by molar-refractivity contribution is 1.48. The molecule has 0 saturated heterocycles. The first-order valence-electron chi connectivity index (χ1n) is 5.16. The number of rotatable bonds is 0. The lowest BCUT2D eigenvalue weighted by atomic mass is 10.1. The summed E-state index contributed by atoms with van der Waals surface area (Å²) in [5.74, 6) is 5.99. The van der Waals surface area contributed by atoms with Crippen LogP contribution in [0.2, 0.25) is 0 Å². The van der Waals surface area contributed by atoms with Gasteiger partial charge in [-0.3, -0.25) is 0 Å². The van der Waals surface area contributed by atoms with E-state index in [0.717, 1.165) is 5.56 Å². The third-order valence-corrected chi connectivity index (χ3v) is 2.30. The quantitative estimate of drug-likeness (QED) is 0.545. The maximum Gasteiger partial charge on any atom is 0.0992 e. The first-order chi connectivity index (χ1) is 8.29. The molecule has 0 spiro atoms. The minimum Gasteiger partial charge on any atom is -0.398 e. The summed E-state index contributed by atoms with van der Waals surface area (Å²) < 4.78 is 0. The molecular weight excluding hydrogens is 208 g/mol. The Morgan fingerprint density at radius 2 is 1.65 bits per heavy atom. The van der Waals surface area contributed by atoms with Crippen LogP contribution in [0.15, 0.2) is 48.5 Å². The predicted molar refractivity (Wildman–Crippen MR) is 68.0 cm³/mol. The van der Waals surface area contributed by atoms with E-state index in [1.54, 1.807) is 18.2 Å². The maximum atomic E-state index is 8.80. The van der Waals surface area contributed by atoms with E-state index in [1.807, 2.05) is 30.3 Å². The fourth-order valence-electron chi connectivity index (χ4n) is 1.40. The van der Waals surface area contributed by atoms with Crippen LogP contribution in [0.5, 0.6) is 0 Å². The van der Waals surface area contributed by atoms with Crippen molar-refractivity contribution in [1.29, 1.82) is 5.26 Å². The molecule has 2 heteroatoms. The number of hydrogen-bond donors (Lipinski definition) is 1. The van der Waals surface area contributed by atoms with Crippen molar-refractivity contribution in [1.82, 2.24) is 0 Å². The second-order valence-electron chi connectivity index (χ2n) is 3.53. The van der Waals surface area contributed by atoms with E-state index in [9.17, 15) is 0 Å². The molecule has 0 bridgehead atoms. The average molecular weight is 218 g/mol. The van der Waals surface area contributed by atoms with Crippen molar-refractivity contribution in [2.45, 2.75) is 0 Å². The Hall–Kier alpha value is -2.71. The lowest BCUT2D eigenvalue weighted by Gasteiger charge is -1.97. The summed E-state index contributed by atoms with van der Waals surface area (Å²) >= 11 is 0. The molecule has 0 saturated carbocycles. The van der Waals surface area contributed by atoms with E-state index in [0.29, 0.717) is 16.8 Å². The minimum absolute atomic E-state index is 0.566. The van der Waals surface area contributed by atoms with Gasteiger partial charge in [-0.1, -0.05) is 30.0 Å². The van der Waals surface area contributed by atoms with Crippen molar-refractivity contribution < 1.29 is 0 Å². The van der Waals surface area contributed by atoms with E-state index < -0.39 is 0 Å². The summed E-state index contributed by atoms with van der Waals surface area (Å²) in [7, 11) is 0. The van der Waals surface area contributed by atoms with Gasteiger partial charge in [-0.05, 0) is 30.3 Å². The normalized spacial score (nSPS) is 8.88. The molecule has 80 valence electrons. The number of benzene rings is 2. The van der Waals surface area contributed by atoms with Crippen LogP contribution in [0.3, 0.4) is 0 Å². The van der Waals surface area contributed by atoms with Crippen molar-refractivity contribution in [3.05, 3.63) is 65.2 Å². The molecule has 0 aliphatic carbocycles. The minimum atomic E-state index is 0.566. The number of nitrogen functional groups attached to an aromatic ring is 1. The zero-order valence-electron chi connectivity index (χ0n) is 9.14. The molecule has 0 fully saturated rings. The monoisotopic (exact) mass is 218 g/mol. The van der Waals surface area contributed by atoms with Gasteiger partial charge in [-0.15, -0.1) is 0 Å². The van der Waals surface area contributed by atoms with E-state index in [4.69, 9.17) is 11.0 Å². The van der Waals surface area contributed by atoms with Gasteiger partial charge < -0.3 is 5.73 Å². The SMILES string of the molecule is N#Cc1ccc(N)c(C#Cc2ccccc2)c1. The smallest absolute Gasteiger partial charge is 0.0992 e. The highest BCUT2D eigenvalue weighted by molar-refractivity contribution is 5.60. The molecule has 2 aromatic carbocycles. The Balaban J connectivity index is 2.37. The van der Waals surface area contributed by atoms with Crippen molar-refractivity contribution in [2.24, 2.45) is 0 Å². The van der Waals surface area contributed by atoms with Crippen LogP contribution in [-0.2, 0) is 0 Å². The third kappa shape index (κ3) is 2.65. The van der Waals surface area contributed by atoms with E-state index in [2.05, 4.69) is 17.9 Å². The first kappa shape index (κ1) is 10.8. The van der Waals surface area contributed by atoms with Gasteiger partial charge in [-0.2, -0.15) is 5.26 Å². The molecule has 0 amide bonds. The Bertz CT molecular complexity index is 625. The van der Waals surface area contributed by atoms with Crippen molar-refractivity contribution in [2.75, 3.05) is 5.73 Å². The second-order valence-corrected chi connectivity index (χ2v) is 3.53. The van der Waals surface area contributed by atoms with Crippen LogP contribution in [-0.4, -0.2) is 0 Å². The van der Waals surface area contributed by atoms with E-state index in [1.165, 1.54) is 0 Å². The topological polar surface area (TPSA) is 49.8 Å². The molecule has 2 rings (SSSR count). The Morgan fingerprint density at radius 1 is 0.882 bits per heavy atom. The van der Waals surface area contributed by atoms with Gasteiger partial charge in [0.2, 0.25) is 0 Å². The summed E-state index contributed by atoms with van der Waals surface area (Å²) in [6.07, 6.45) is 0. The number of nitrogens with two attached hydrogens (primary N) is 1. The van der Waals surface area contributed by atoms with Crippen LogP contribution in [0.25, 0.3) is 0 Å². The molecule has 0 radical (unpaired) electrons. The van der Waals surface area contributed by atoms with Gasteiger partial charge in [0, 0.05) is 16.8 Å². The highest BCUT2D eigenvalue weighted by Crippen LogP contribution is 2.12. The van der Waals surface area contributed by atoms with Crippen LogP contribution in [0.1, 0.15) is 16.7 Å². The molecule has 0 aliphatic heterocycles. The Kier molecular flexibility index (Phi) is 3.10. The van der Waals surface area contributed by atoms with Crippen LogP contribution in [0, 0.1) is 23.2 Å². The molecule has 2 N–H and O–H groups in total. The fourth-order valence-corrected chi connectivity index (χ4v) is 1.40. The molecule has 0 unspecified atom stereocenters. The lowest BCUT2D eigenvalue weighted by Crippen LogP contribution is -1.90. The van der Waals surface area contributed by atoms with Gasteiger partial charge in [0.1, 0.15) is 0 Å². The Morgan fingerprint density at radius 3 is 2.35 bits per heavy atom. The summed E-state index contributed by atoms with van der Waals surface area (Å²) in [5, 5.41) is 8.80. The van der Waals surface area contributed by atoms with Gasteiger partial charge in [0.25, 0.3) is 0 Å². The number of nitrogens with zero attached hydrogens (tertiary/aromatic N) is 1. The molecule has 0 aliphatic rings. The van der Waals surface area contributed by atoms with Gasteiger partial charge in [0.15, 0.2) is 0 Å². The summed E-state index contributed by atoms with van der Waals surface area (Å²) in [6, 6.07) is 16.8. The third-order valence-electron chi connectivity index (χ3n) is 2.30. The number of hydrogen-bond acceptors (Lipinski definition) is 2. The molecule has 2 aromatic rings. The maximum absolute atomic E-state index is 8.80. The highest BCUT2D eigenvalue weighted by Gasteiger charge is 1.97. The molecule has 0 aromatic heterocycles. The van der Waals surface area contributed by atoms with Gasteiger partial charge >= 0.3 is 0 Å². The highest BCUT2D eigenvalue weighted by atomic mass is 14.5. The number of anilines is 1. The van der Waals surface area contributed by atoms with E-state index in [-0.39, 0.29) is 0 Å². The fraction of sp³-hybridized carbons (Fsp3) is 0. The average Bonchev–Trinajstić information content (AvgIpc) is 2.39. The zero-order chi connectivity index (χ0) is 12.1. The summed E-state index contributed by atoms with van der Waals surface area (Å²) in [6.45, 7) is 0. The molecule has 0 heterocycles. The largest absolute Gasteiger partial charge is 0.398 e. The predicted octanol–water partition coefficient (Wildman–Crippen LogP) is 2.54. The van der Waals surface area contributed by atoms with Gasteiger partial charge in [0.05, 0.1) is 11.6 Å². The van der Waals surface area contributed by atoms with Crippen molar-refractivity contribution >= 4 is 5.69 Å². The van der Waals surface area contributed by atoms with E-state index >= 15 is 0 Å². The standard InChI is InChI=1S/C15H10N2/c16-11-13-7-9-15(17)14(10-13)8-6-12-4-2-1-3-5-12/h1-5,7,9-10H,17H2. The van der Waals surface area contributed by atoms with Gasteiger partial charge in [-0.25, -0.2) is 0 Å².